The van der Waals surface area contributed by atoms with Crippen molar-refractivity contribution in [3.8, 4) is 23.0 Å². The van der Waals surface area contributed by atoms with E-state index >= 15 is 0 Å². The first-order valence-corrected chi connectivity index (χ1v) is 23.6. The maximum Gasteiger partial charge on any atom is 0.416 e. The van der Waals surface area contributed by atoms with Gasteiger partial charge in [0.2, 0.25) is 0 Å². The highest BCUT2D eigenvalue weighted by molar-refractivity contribution is 7.17. The van der Waals surface area contributed by atoms with E-state index in [-0.39, 0.29) is 23.9 Å². The molecule has 0 fully saturated rings. The van der Waals surface area contributed by atoms with Crippen LogP contribution in [0.2, 0.25) is 0 Å². The van der Waals surface area contributed by atoms with E-state index in [2.05, 4.69) is 28.8 Å². The quantitative estimate of drug-likeness (QED) is 0.106. The van der Waals surface area contributed by atoms with Crippen LogP contribution in [-0.2, 0) is 12.4 Å². The number of ether oxygens (including phenoxy) is 2. The second-order valence-electron chi connectivity index (χ2n) is 16.3. The minimum atomic E-state index is -4.40. The summed E-state index contributed by atoms with van der Waals surface area (Å²) in [4.78, 5) is 26.0. The Morgan fingerprint density at radius 2 is 1.06 bits per heavy atom. The average Bonchev–Trinajstić information content (AvgIpc) is 4.05. The van der Waals surface area contributed by atoms with Crippen LogP contribution in [0.5, 0.6) is 23.0 Å². The van der Waals surface area contributed by atoms with Gasteiger partial charge in [0.25, 0.3) is 11.8 Å². The summed E-state index contributed by atoms with van der Waals surface area (Å²) in [6.45, 7) is 3.91. The van der Waals surface area contributed by atoms with Gasteiger partial charge in [0.1, 0.15) is 27.5 Å². The Morgan fingerprint density at radius 3 is 1.60 bits per heavy atom. The van der Waals surface area contributed by atoms with E-state index in [1.807, 2.05) is 67.1 Å². The number of halogens is 6. The zero-order valence-corrected chi connectivity index (χ0v) is 38.7. The summed E-state index contributed by atoms with van der Waals surface area (Å²) < 4.78 is 90.8. The molecule has 350 valence electrons. The van der Waals surface area contributed by atoms with Crippen LogP contribution in [0, 0.1) is 0 Å². The fourth-order valence-electron chi connectivity index (χ4n) is 8.00. The van der Waals surface area contributed by atoms with Crippen molar-refractivity contribution >= 4 is 77.8 Å². The third-order valence-corrected chi connectivity index (χ3v) is 13.5. The number of nitrogens with one attached hydrogen (secondary N) is 2. The lowest BCUT2D eigenvalue weighted by atomic mass is 10.0. The fourth-order valence-corrected chi connectivity index (χ4v) is 9.98. The first-order chi connectivity index (χ1) is 33.6. The Hall–Kier alpha value is -7.77. The standard InChI is InChI=1S/C28H20F3NO2S.C28H18F3NO2S/c2*1-17(23-6-2-4-18-14-15-35-26(18)23)32-27(33)20-8-13-24-19(16-20)5-3-7-25(24)34-22-11-9-21(10-12-22)28(29,30)31/h2-17H,1H3,(H,32,33);2-3,5-17H,1H3/p+1/t2*17-/m01/s1. The molecule has 1 aliphatic carbocycles. The summed E-state index contributed by atoms with van der Waals surface area (Å²) in [6.07, 6.45) is -1.77. The molecule has 0 radical (unpaired) electrons. The molecule has 70 heavy (non-hydrogen) atoms. The molecule has 2 N–H and O–H groups in total. The lowest BCUT2D eigenvalue weighted by molar-refractivity contribution is -0.138. The average molecular weight is 982 g/mol. The molecule has 2 heterocycles. The van der Waals surface area contributed by atoms with Crippen molar-refractivity contribution in [1.29, 1.82) is 0 Å². The second kappa shape index (κ2) is 19.7. The zero-order chi connectivity index (χ0) is 49.2. The van der Waals surface area contributed by atoms with E-state index in [4.69, 9.17) is 9.47 Å². The number of hydrogen-bond donors (Lipinski definition) is 2. The summed E-state index contributed by atoms with van der Waals surface area (Å²) in [5.74, 6) is 1.17. The molecule has 6 nitrogen and oxygen atoms in total. The van der Waals surface area contributed by atoms with Gasteiger partial charge in [-0.3, -0.25) is 9.59 Å². The van der Waals surface area contributed by atoms with Gasteiger partial charge < -0.3 is 20.1 Å². The van der Waals surface area contributed by atoms with E-state index in [1.165, 1.54) is 24.3 Å². The van der Waals surface area contributed by atoms with Gasteiger partial charge >= 0.3 is 12.4 Å². The number of benzene rings is 7. The molecular formula is C56H39F6N2O4S2+. The highest BCUT2D eigenvalue weighted by Gasteiger charge is 2.31. The molecule has 2 amide bonds. The summed E-state index contributed by atoms with van der Waals surface area (Å²) in [7, 11) is 0. The van der Waals surface area contributed by atoms with Crippen LogP contribution in [0.1, 0.15) is 57.3 Å². The first-order valence-electron chi connectivity index (χ1n) is 21.8. The van der Waals surface area contributed by atoms with Crippen molar-refractivity contribution in [3.63, 3.8) is 0 Å². The van der Waals surface area contributed by atoms with Crippen molar-refractivity contribution in [1.82, 2.24) is 10.6 Å². The summed E-state index contributed by atoms with van der Waals surface area (Å²) >= 11 is 3.27. The Bertz CT molecular complexity index is 3560. The van der Waals surface area contributed by atoms with Crippen LogP contribution >= 0.6 is 22.7 Å². The Kier molecular flexibility index (Phi) is 13.3. The summed E-state index contributed by atoms with van der Waals surface area (Å²) in [5, 5.41) is 15.4. The molecule has 0 unspecified atom stereocenters. The number of thiophene rings is 2. The molecule has 0 saturated heterocycles. The number of carbonyl (C=O) groups excluding carboxylic acids is 2. The molecule has 9 aromatic rings. The number of fused-ring (bicyclic) bond motifs is 4. The Labute approximate surface area is 405 Å². The maximum atomic E-state index is 13.0. The van der Waals surface area contributed by atoms with Crippen molar-refractivity contribution in [2.24, 2.45) is 0 Å². The monoisotopic (exact) mass is 981 g/mol. The molecule has 0 saturated carbocycles. The third-order valence-electron chi connectivity index (χ3n) is 11.6. The molecule has 0 spiro atoms. The molecular weight excluding hydrogens is 943 g/mol. The van der Waals surface area contributed by atoms with Gasteiger partial charge in [-0.05, 0) is 144 Å². The van der Waals surface area contributed by atoms with Crippen LogP contribution in [0.25, 0.3) is 43.3 Å². The van der Waals surface area contributed by atoms with Gasteiger partial charge in [-0.2, -0.15) is 26.3 Å². The van der Waals surface area contributed by atoms with Gasteiger partial charge in [-0.1, -0.05) is 53.8 Å². The fraction of sp³-hybridized carbons (Fsp3) is 0.107. The predicted octanol–water partition coefficient (Wildman–Crippen LogP) is 14.3. The van der Waals surface area contributed by atoms with E-state index in [1.54, 1.807) is 83.3 Å². The lowest BCUT2D eigenvalue weighted by Crippen LogP contribution is -2.37. The first kappa shape index (κ1) is 47.3. The highest BCUT2D eigenvalue weighted by Crippen LogP contribution is 2.36. The van der Waals surface area contributed by atoms with E-state index in [0.29, 0.717) is 34.1 Å². The molecule has 14 heteroatoms. The molecule has 0 aliphatic heterocycles. The van der Waals surface area contributed by atoms with E-state index in [9.17, 15) is 35.9 Å². The number of carbonyl (C=O) groups is 2. The third kappa shape index (κ3) is 10.4. The van der Waals surface area contributed by atoms with Gasteiger partial charge in [0.15, 0.2) is 5.22 Å². The van der Waals surface area contributed by atoms with Gasteiger partial charge in [0, 0.05) is 50.2 Å². The molecule has 2 aromatic heterocycles. The second-order valence-corrected chi connectivity index (χ2v) is 18.1. The van der Waals surface area contributed by atoms with Crippen LogP contribution in [-0.4, -0.2) is 17.9 Å². The van der Waals surface area contributed by atoms with Crippen LogP contribution < -0.4 is 29.9 Å². The molecule has 2 atom stereocenters. The Balaban J connectivity index is 0.000000174. The van der Waals surface area contributed by atoms with Crippen molar-refractivity contribution in [2.75, 3.05) is 0 Å². The molecule has 1 aliphatic rings. The molecule has 7 aromatic carbocycles. The normalized spacial score (nSPS) is 13.1. The molecule has 10 rings (SSSR count). The largest absolute Gasteiger partial charge is 0.457 e. The zero-order valence-electron chi connectivity index (χ0n) is 37.1. The van der Waals surface area contributed by atoms with Crippen molar-refractivity contribution < 1.29 is 45.4 Å². The number of rotatable bonds is 10. The topological polar surface area (TPSA) is 76.7 Å². The number of alkyl halides is 6. The number of allylic oxidation sites excluding steroid dienone is 1. The number of amides is 2. The minimum absolute atomic E-state index is 0.171. The summed E-state index contributed by atoms with van der Waals surface area (Å²) in [5.41, 5.74) is 1.65. The minimum Gasteiger partial charge on any atom is -0.457 e. The molecule has 0 bridgehead atoms. The van der Waals surface area contributed by atoms with E-state index in [0.717, 1.165) is 76.8 Å². The van der Waals surface area contributed by atoms with Gasteiger partial charge in [-0.25, -0.2) is 0 Å². The van der Waals surface area contributed by atoms with Gasteiger partial charge in [0.05, 0.1) is 34.9 Å². The highest BCUT2D eigenvalue weighted by atomic mass is 32.1. The predicted molar refractivity (Wildman–Crippen MR) is 265 cm³/mol. The van der Waals surface area contributed by atoms with Crippen LogP contribution in [0.15, 0.2) is 175 Å². The van der Waals surface area contributed by atoms with E-state index < -0.39 is 23.5 Å². The Morgan fingerprint density at radius 1 is 0.557 bits per heavy atom. The SMILES string of the molecule is C[C@@H](NC(=O)c1ccc2c(Oc3ccc(C(F)(F)F)cc3)cccc2c1)C1=c2sccc2=[C+]C=C1.C[C@H](NC(=O)c1ccc2c(Oc3ccc(C(F)(F)F)cc3)cccc2c1)c1cccc2ccsc12. The van der Waals surface area contributed by atoms with Gasteiger partial charge in [-0.15, -0.1) is 11.3 Å². The number of hydrogen-bond acceptors (Lipinski definition) is 6. The van der Waals surface area contributed by atoms with Crippen LogP contribution in [0.3, 0.4) is 0 Å². The maximum absolute atomic E-state index is 13.0. The smallest absolute Gasteiger partial charge is 0.416 e. The van der Waals surface area contributed by atoms with Crippen molar-refractivity contribution in [2.45, 2.75) is 38.3 Å². The van der Waals surface area contributed by atoms with Crippen LogP contribution in [0.4, 0.5) is 26.3 Å². The van der Waals surface area contributed by atoms with Crippen molar-refractivity contribution in [3.05, 3.63) is 212 Å². The lowest BCUT2D eigenvalue weighted by Gasteiger charge is -2.16. The summed E-state index contributed by atoms with van der Waals surface area (Å²) in [6, 6.07) is 40.2.